The lowest BCUT2D eigenvalue weighted by molar-refractivity contribution is 0.174. The zero-order valence-electron chi connectivity index (χ0n) is 13.4. The summed E-state index contributed by atoms with van der Waals surface area (Å²) >= 11 is 0. The largest absolute Gasteiger partial charge is 0.493 e. The summed E-state index contributed by atoms with van der Waals surface area (Å²) in [4.78, 5) is 0. The number of fused-ring (bicyclic) bond motifs is 1. The number of rotatable bonds is 6. The molecule has 1 heterocycles. The molecule has 0 aliphatic carbocycles. The quantitative estimate of drug-likeness (QED) is 0.888. The van der Waals surface area contributed by atoms with Gasteiger partial charge in [0, 0.05) is 5.92 Å². The van der Waals surface area contributed by atoms with Crippen LogP contribution in [-0.2, 0) is 6.42 Å². The molecule has 0 bridgehead atoms. The van der Waals surface area contributed by atoms with Crippen LogP contribution in [0.2, 0.25) is 0 Å². The summed E-state index contributed by atoms with van der Waals surface area (Å²) in [5.74, 6) is 3.22. The highest BCUT2D eigenvalue weighted by Crippen LogP contribution is 2.36. The second-order valence-corrected chi connectivity index (χ2v) is 5.44. The van der Waals surface area contributed by atoms with Gasteiger partial charge in [-0.15, -0.1) is 0 Å². The van der Waals surface area contributed by atoms with Crippen molar-refractivity contribution in [2.75, 3.05) is 27.6 Å². The Hall–Kier alpha value is -2.40. The molecule has 0 aromatic heterocycles. The van der Waals surface area contributed by atoms with E-state index in [-0.39, 0.29) is 12.7 Å². The molecule has 5 nitrogen and oxygen atoms in total. The molecular formula is C18H21NO4. The van der Waals surface area contributed by atoms with Crippen molar-refractivity contribution in [3.8, 4) is 23.0 Å². The normalized spacial score (nSPS) is 13.7. The Bertz CT molecular complexity index is 687. The van der Waals surface area contributed by atoms with Crippen molar-refractivity contribution >= 4 is 0 Å². The fraction of sp³-hybridized carbons (Fsp3) is 0.333. The second-order valence-electron chi connectivity index (χ2n) is 5.44. The maximum atomic E-state index is 6.00. The average Bonchev–Trinajstić information content (AvgIpc) is 3.07. The highest BCUT2D eigenvalue weighted by atomic mass is 16.7. The van der Waals surface area contributed by atoms with E-state index in [1.54, 1.807) is 14.2 Å². The van der Waals surface area contributed by atoms with E-state index in [9.17, 15) is 0 Å². The van der Waals surface area contributed by atoms with E-state index in [2.05, 4.69) is 0 Å². The molecule has 1 unspecified atom stereocenters. The molecule has 0 saturated carbocycles. The maximum absolute atomic E-state index is 6.00. The summed E-state index contributed by atoms with van der Waals surface area (Å²) < 4.78 is 21.5. The molecule has 2 aromatic carbocycles. The second kappa shape index (κ2) is 6.79. The number of benzene rings is 2. The van der Waals surface area contributed by atoms with Crippen molar-refractivity contribution in [3.05, 3.63) is 47.5 Å². The van der Waals surface area contributed by atoms with Gasteiger partial charge in [-0.25, -0.2) is 0 Å². The molecule has 122 valence electrons. The summed E-state index contributed by atoms with van der Waals surface area (Å²) in [6.45, 7) is 0.829. The van der Waals surface area contributed by atoms with Crippen LogP contribution in [0, 0.1) is 0 Å². The number of ether oxygens (including phenoxy) is 4. The molecule has 0 amide bonds. The van der Waals surface area contributed by atoms with Crippen molar-refractivity contribution in [1.82, 2.24) is 0 Å². The van der Waals surface area contributed by atoms with Gasteiger partial charge in [-0.3, -0.25) is 0 Å². The first kappa shape index (κ1) is 15.5. The maximum Gasteiger partial charge on any atom is 0.231 e. The Kier molecular flexibility index (Phi) is 4.57. The van der Waals surface area contributed by atoms with Crippen LogP contribution >= 0.6 is 0 Å². The standard InChI is InChI=1S/C18H21NO4/c1-20-15-5-3-12(8-17(15)21-2)7-14(10-19)13-4-6-16-18(9-13)23-11-22-16/h3-6,8-9,14H,7,10-11,19H2,1-2H3. The number of hydrogen-bond donors (Lipinski definition) is 1. The number of hydrogen-bond acceptors (Lipinski definition) is 5. The van der Waals surface area contributed by atoms with Crippen LogP contribution in [0.3, 0.4) is 0 Å². The SMILES string of the molecule is COc1ccc(CC(CN)c2ccc3c(c2)OCO3)cc1OC. The van der Waals surface area contributed by atoms with Gasteiger partial charge < -0.3 is 24.7 Å². The Labute approximate surface area is 135 Å². The van der Waals surface area contributed by atoms with Crippen molar-refractivity contribution in [3.63, 3.8) is 0 Å². The van der Waals surface area contributed by atoms with E-state index in [0.717, 1.165) is 40.5 Å². The zero-order chi connectivity index (χ0) is 16.2. The summed E-state index contributed by atoms with van der Waals surface area (Å²) in [6, 6.07) is 12.0. The molecule has 0 spiro atoms. The third kappa shape index (κ3) is 3.19. The molecule has 2 N–H and O–H groups in total. The summed E-state index contributed by atoms with van der Waals surface area (Å²) in [7, 11) is 3.27. The van der Waals surface area contributed by atoms with Gasteiger partial charge in [0.25, 0.3) is 0 Å². The summed E-state index contributed by atoms with van der Waals surface area (Å²) in [6.07, 6.45) is 0.816. The van der Waals surface area contributed by atoms with Gasteiger partial charge in [0.05, 0.1) is 14.2 Å². The highest BCUT2D eigenvalue weighted by Gasteiger charge is 2.18. The topological polar surface area (TPSA) is 62.9 Å². The number of nitrogens with two attached hydrogens (primary N) is 1. The first-order chi connectivity index (χ1) is 11.2. The minimum atomic E-state index is 0.197. The van der Waals surface area contributed by atoms with Crippen molar-refractivity contribution in [2.45, 2.75) is 12.3 Å². The zero-order valence-corrected chi connectivity index (χ0v) is 13.4. The van der Waals surface area contributed by atoms with Gasteiger partial charge in [0.1, 0.15) is 0 Å². The molecule has 5 heteroatoms. The molecule has 0 fully saturated rings. The van der Waals surface area contributed by atoms with E-state index < -0.39 is 0 Å². The molecule has 3 rings (SSSR count). The van der Waals surface area contributed by atoms with Crippen molar-refractivity contribution in [1.29, 1.82) is 0 Å². The Morgan fingerprint density at radius 3 is 2.52 bits per heavy atom. The van der Waals surface area contributed by atoms with Crippen LogP contribution in [0.5, 0.6) is 23.0 Å². The third-order valence-corrected chi connectivity index (χ3v) is 4.08. The van der Waals surface area contributed by atoms with Gasteiger partial charge in [0.2, 0.25) is 6.79 Å². The van der Waals surface area contributed by atoms with Gasteiger partial charge in [-0.05, 0) is 48.4 Å². The Morgan fingerprint density at radius 2 is 1.78 bits per heavy atom. The van der Waals surface area contributed by atoms with Gasteiger partial charge in [-0.2, -0.15) is 0 Å². The van der Waals surface area contributed by atoms with Crippen LogP contribution in [0.1, 0.15) is 17.0 Å². The number of methoxy groups -OCH3 is 2. The van der Waals surface area contributed by atoms with Crippen LogP contribution < -0.4 is 24.7 Å². The lowest BCUT2D eigenvalue weighted by Crippen LogP contribution is -2.15. The highest BCUT2D eigenvalue weighted by molar-refractivity contribution is 5.47. The smallest absolute Gasteiger partial charge is 0.231 e. The fourth-order valence-electron chi connectivity index (χ4n) is 2.80. The first-order valence-corrected chi connectivity index (χ1v) is 7.55. The molecule has 0 radical (unpaired) electrons. The lowest BCUT2D eigenvalue weighted by Gasteiger charge is -2.17. The minimum Gasteiger partial charge on any atom is -0.493 e. The first-order valence-electron chi connectivity index (χ1n) is 7.55. The molecule has 1 atom stereocenters. The molecule has 1 aliphatic heterocycles. The van der Waals surface area contributed by atoms with E-state index in [1.807, 2.05) is 36.4 Å². The monoisotopic (exact) mass is 315 g/mol. The van der Waals surface area contributed by atoms with Crippen LogP contribution in [0.4, 0.5) is 0 Å². The van der Waals surface area contributed by atoms with Gasteiger partial charge >= 0.3 is 0 Å². The van der Waals surface area contributed by atoms with Crippen molar-refractivity contribution in [2.24, 2.45) is 5.73 Å². The van der Waals surface area contributed by atoms with E-state index in [1.165, 1.54) is 0 Å². The summed E-state index contributed by atoms with van der Waals surface area (Å²) in [5.41, 5.74) is 8.29. The predicted octanol–water partition coefficient (Wildman–Crippen LogP) is 2.72. The van der Waals surface area contributed by atoms with E-state index in [4.69, 9.17) is 24.7 Å². The Balaban J connectivity index is 1.82. The predicted molar refractivity (Wildman–Crippen MR) is 87.6 cm³/mol. The van der Waals surface area contributed by atoms with Crippen LogP contribution in [0.25, 0.3) is 0 Å². The van der Waals surface area contributed by atoms with Crippen LogP contribution in [-0.4, -0.2) is 27.6 Å². The average molecular weight is 315 g/mol. The molecule has 0 saturated heterocycles. The summed E-state index contributed by atoms with van der Waals surface area (Å²) in [5, 5.41) is 0. The lowest BCUT2D eigenvalue weighted by atomic mass is 9.91. The molecule has 2 aromatic rings. The van der Waals surface area contributed by atoms with Crippen LogP contribution in [0.15, 0.2) is 36.4 Å². The molecule has 23 heavy (non-hydrogen) atoms. The minimum absolute atomic E-state index is 0.197. The fourth-order valence-corrected chi connectivity index (χ4v) is 2.80. The molecule has 1 aliphatic rings. The van der Waals surface area contributed by atoms with Gasteiger partial charge in [0.15, 0.2) is 23.0 Å². The Morgan fingerprint density at radius 1 is 1.00 bits per heavy atom. The van der Waals surface area contributed by atoms with Gasteiger partial charge in [-0.1, -0.05) is 12.1 Å². The van der Waals surface area contributed by atoms with Crippen molar-refractivity contribution < 1.29 is 18.9 Å². The van der Waals surface area contributed by atoms with E-state index in [0.29, 0.717) is 6.54 Å². The van der Waals surface area contributed by atoms with E-state index >= 15 is 0 Å². The third-order valence-electron chi connectivity index (χ3n) is 4.08. The molecular weight excluding hydrogens is 294 g/mol.